The first-order valence-corrected chi connectivity index (χ1v) is 6.49. The standard InChI is InChI=1S/C11H13Br2NO3/c1-11(2,3)8-6(12)5-7(17-4)10(9(8)13)14(15)16/h5H,1-4H3. The third kappa shape index (κ3) is 2.80. The summed E-state index contributed by atoms with van der Waals surface area (Å²) in [7, 11) is 1.41. The summed E-state index contributed by atoms with van der Waals surface area (Å²) in [6, 6.07) is 1.63. The molecule has 0 spiro atoms. The monoisotopic (exact) mass is 365 g/mol. The van der Waals surface area contributed by atoms with Crippen molar-refractivity contribution in [3.8, 4) is 5.75 Å². The Kier molecular flexibility index (Phi) is 4.19. The summed E-state index contributed by atoms with van der Waals surface area (Å²) in [6.07, 6.45) is 0. The molecule has 4 nitrogen and oxygen atoms in total. The van der Waals surface area contributed by atoms with Crippen molar-refractivity contribution in [1.29, 1.82) is 0 Å². The number of ether oxygens (including phenoxy) is 1. The minimum absolute atomic E-state index is 0.0411. The van der Waals surface area contributed by atoms with Gasteiger partial charge in [-0.25, -0.2) is 0 Å². The van der Waals surface area contributed by atoms with Crippen molar-refractivity contribution >= 4 is 37.5 Å². The number of rotatable bonds is 2. The van der Waals surface area contributed by atoms with Gasteiger partial charge >= 0.3 is 5.69 Å². The molecule has 6 heteroatoms. The molecule has 0 fully saturated rings. The maximum Gasteiger partial charge on any atom is 0.325 e. The Balaban J connectivity index is 3.67. The van der Waals surface area contributed by atoms with E-state index in [9.17, 15) is 10.1 Å². The number of hydrogen-bond acceptors (Lipinski definition) is 3. The lowest BCUT2D eigenvalue weighted by molar-refractivity contribution is -0.386. The first-order chi connectivity index (χ1) is 7.70. The molecule has 0 saturated carbocycles. The van der Waals surface area contributed by atoms with Crippen LogP contribution in [0.1, 0.15) is 26.3 Å². The van der Waals surface area contributed by atoms with Crippen LogP contribution in [0.2, 0.25) is 0 Å². The zero-order valence-electron chi connectivity index (χ0n) is 10.0. The van der Waals surface area contributed by atoms with Crippen LogP contribution in [0.15, 0.2) is 15.0 Å². The Bertz CT molecular complexity index is 467. The largest absolute Gasteiger partial charge is 0.490 e. The maximum absolute atomic E-state index is 11.1. The Labute approximate surface area is 117 Å². The van der Waals surface area contributed by atoms with E-state index in [0.29, 0.717) is 4.47 Å². The molecule has 0 aromatic heterocycles. The fourth-order valence-electron chi connectivity index (χ4n) is 1.60. The maximum atomic E-state index is 11.1. The molecule has 94 valence electrons. The van der Waals surface area contributed by atoms with Crippen molar-refractivity contribution in [2.75, 3.05) is 7.11 Å². The first-order valence-electron chi connectivity index (χ1n) is 4.91. The predicted octanol–water partition coefficient (Wildman–Crippen LogP) is 4.43. The lowest BCUT2D eigenvalue weighted by Gasteiger charge is -2.23. The van der Waals surface area contributed by atoms with Crippen LogP contribution in [0, 0.1) is 10.1 Å². The van der Waals surface area contributed by atoms with E-state index in [0.717, 1.165) is 10.0 Å². The second-order valence-corrected chi connectivity index (χ2v) is 6.25. The highest BCUT2D eigenvalue weighted by Gasteiger charge is 2.30. The first kappa shape index (κ1) is 14.4. The number of methoxy groups -OCH3 is 1. The van der Waals surface area contributed by atoms with Crippen LogP contribution < -0.4 is 4.74 Å². The molecule has 1 rings (SSSR count). The Hall–Kier alpha value is -0.620. The topological polar surface area (TPSA) is 52.4 Å². The van der Waals surface area contributed by atoms with Crippen LogP contribution in [0.3, 0.4) is 0 Å². The predicted molar refractivity (Wildman–Crippen MR) is 73.7 cm³/mol. The molecule has 0 heterocycles. The van der Waals surface area contributed by atoms with Crippen LogP contribution >= 0.6 is 31.9 Å². The fraction of sp³-hybridized carbons (Fsp3) is 0.455. The summed E-state index contributed by atoms with van der Waals surface area (Å²) >= 11 is 6.73. The van der Waals surface area contributed by atoms with E-state index in [1.165, 1.54) is 7.11 Å². The summed E-state index contributed by atoms with van der Waals surface area (Å²) in [5.74, 6) is 0.238. The lowest BCUT2D eigenvalue weighted by Crippen LogP contribution is -2.14. The van der Waals surface area contributed by atoms with Gasteiger partial charge in [-0.15, -0.1) is 0 Å². The van der Waals surface area contributed by atoms with Gasteiger partial charge < -0.3 is 4.74 Å². The number of benzene rings is 1. The van der Waals surface area contributed by atoms with Gasteiger partial charge in [0, 0.05) is 10.5 Å². The van der Waals surface area contributed by atoms with Gasteiger partial charge in [-0.2, -0.15) is 0 Å². The van der Waals surface area contributed by atoms with Crippen molar-refractivity contribution in [2.24, 2.45) is 0 Å². The molecule has 0 unspecified atom stereocenters. The summed E-state index contributed by atoms with van der Waals surface area (Å²) in [4.78, 5) is 10.6. The van der Waals surface area contributed by atoms with Crippen molar-refractivity contribution in [2.45, 2.75) is 26.2 Å². The summed E-state index contributed by atoms with van der Waals surface area (Å²) in [6.45, 7) is 5.98. The lowest BCUT2D eigenvalue weighted by atomic mass is 9.86. The SMILES string of the molecule is COc1cc(Br)c(C(C)(C)C)c(Br)c1[N+](=O)[O-]. The highest BCUT2D eigenvalue weighted by atomic mass is 79.9. The van der Waals surface area contributed by atoms with Crippen LogP contribution in [0.5, 0.6) is 5.75 Å². The Morgan fingerprint density at radius 1 is 1.35 bits per heavy atom. The van der Waals surface area contributed by atoms with Crippen LogP contribution in [-0.2, 0) is 5.41 Å². The number of hydrogen-bond donors (Lipinski definition) is 0. The molecule has 0 aliphatic rings. The Morgan fingerprint density at radius 3 is 2.24 bits per heavy atom. The molecule has 0 amide bonds. The van der Waals surface area contributed by atoms with E-state index in [1.54, 1.807) is 6.07 Å². The molecule has 17 heavy (non-hydrogen) atoms. The molecule has 0 N–H and O–H groups in total. The van der Waals surface area contributed by atoms with Gasteiger partial charge in [0.2, 0.25) is 0 Å². The van der Waals surface area contributed by atoms with Gasteiger partial charge in [0.25, 0.3) is 0 Å². The van der Waals surface area contributed by atoms with E-state index >= 15 is 0 Å². The number of halogens is 2. The zero-order chi connectivity index (χ0) is 13.4. The second kappa shape index (κ2) is 4.94. The normalized spacial score (nSPS) is 11.4. The summed E-state index contributed by atoms with van der Waals surface area (Å²) in [5.41, 5.74) is 0.597. The summed E-state index contributed by atoms with van der Waals surface area (Å²) in [5, 5.41) is 11.1. The molecule has 0 bridgehead atoms. The number of nitro groups is 1. The van der Waals surface area contributed by atoms with E-state index in [4.69, 9.17) is 4.74 Å². The minimum atomic E-state index is -0.440. The molecular formula is C11H13Br2NO3. The molecule has 1 aromatic rings. The van der Waals surface area contributed by atoms with Crippen molar-refractivity contribution < 1.29 is 9.66 Å². The molecular weight excluding hydrogens is 354 g/mol. The molecule has 0 radical (unpaired) electrons. The molecule has 0 aliphatic carbocycles. The van der Waals surface area contributed by atoms with Crippen LogP contribution in [0.25, 0.3) is 0 Å². The van der Waals surface area contributed by atoms with Crippen molar-refractivity contribution in [1.82, 2.24) is 0 Å². The molecule has 1 aromatic carbocycles. The third-order valence-corrected chi connectivity index (χ3v) is 3.71. The quantitative estimate of drug-likeness (QED) is 0.574. The third-order valence-electron chi connectivity index (χ3n) is 2.31. The van der Waals surface area contributed by atoms with Gasteiger partial charge in [0.15, 0.2) is 5.75 Å². The highest BCUT2D eigenvalue weighted by molar-refractivity contribution is 9.11. The molecule has 0 atom stereocenters. The van der Waals surface area contributed by atoms with Crippen molar-refractivity contribution in [3.63, 3.8) is 0 Å². The van der Waals surface area contributed by atoms with E-state index in [-0.39, 0.29) is 16.9 Å². The highest BCUT2D eigenvalue weighted by Crippen LogP contribution is 2.45. The van der Waals surface area contributed by atoms with Gasteiger partial charge in [-0.1, -0.05) is 36.7 Å². The average Bonchev–Trinajstić information content (AvgIpc) is 2.13. The van der Waals surface area contributed by atoms with Gasteiger partial charge in [0.1, 0.15) is 4.47 Å². The van der Waals surface area contributed by atoms with Crippen LogP contribution in [0.4, 0.5) is 5.69 Å². The number of nitrogens with zero attached hydrogens (tertiary/aromatic N) is 1. The van der Waals surface area contributed by atoms with Gasteiger partial charge in [-0.05, 0) is 26.9 Å². The van der Waals surface area contributed by atoms with Crippen LogP contribution in [-0.4, -0.2) is 12.0 Å². The minimum Gasteiger partial charge on any atom is -0.490 e. The van der Waals surface area contributed by atoms with E-state index in [2.05, 4.69) is 31.9 Å². The molecule has 0 aliphatic heterocycles. The van der Waals surface area contributed by atoms with E-state index < -0.39 is 4.92 Å². The van der Waals surface area contributed by atoms with E-state index in [1.807, 2.05) is 20.8 Å². The van der Waals surface area contributed by atoms with Gasteiger partial charge in [-0.3, -0.25) is 10.1 Å². The fourth-order valence-corrected chi connectivity index (χ4v) is 4.02. The molecule has 0 saturated heterocycles. The zero-order valence-corrected chi connectivity index (χ0v) is 13.2. The smallest absolute Gasteiger partial charge is 0.325 e. The number of nitro benzene ring substituents is 1. The van der Waals surface area contributed by atoms with Gasteiger partial charge in [0.05, 0.1) is 12.0 Å². The second-order valence-electron chi connectivity index (χ2n) is 4.61. The Morgan fingerprint density at radius 2 is 1.88 bits per heavy atom. The summed E-state index contributed by atoms with van der Waals surface area (Å²) < 4.78 is 6.28. The average molecular weight is 367 g/mol. The van der Waals surface area contributed by atoms with Crippen molar-refractivity contribution in [3.05, 3.63) is 30.7 Å².